The Morgan fingerprint density at radius 2 is 1.94 bits per heavy atom. The summed E-state index contributed by atoms with van der Waals surface area (Å²) in [4.78, 5) is 11.7. The van der Waals surface area contributed by atoms with Crippen LogP contribution in [0, 0.1) is 0 Å². The second-order valence-corrected chi connectivity index (χ2v) is 5.08. The minimum atomic E-state index is -0.597. The number of rotatable bonds is 4. The summed E-state index contributed by atoms with van der Waals surface area (Å²) < 4.78 is 0. The summed E-state index contributed by atoms with van der Waals surface area (Å²) >= 11 is 5.80. The van der Waals surface area contributed by atoms with Gasteiger partial charge in [-0.3, -0.25) is 4.79 Å². The van der Waals surface area contributed by atoms with E-state index in [1.165, 1.54) is 0 Å². The van der Waals surface area contributed by atoms with Gasteiger partial charge in [0, 0.05) is 11.6 Å². The van der Waals surface area contributed by atoms with Gasteiger partial charge >= 0.3 is 0 Å². The first-order valence-corrected chi connectivity index (χ1v) is 6.30. The highest BCUT2D eigenvalue weighted by atomic mass is 35.5. The first-order chi connectivity index (χ1) is 8.10. The maximum absolute atomic E-state index is 11.7. The van der Waals surface area contributed by atoms with E-state index in [0.717, 1.165) is 36.3 Å². The van der Waals surface area contributed by atoms with Crippen LogP contribution in [0.25, 0.3) is 0 Å². The van der Waals surface area contributed by atoms with Crippen molar-refractivity contribution in [2.75, 3.05) is 6.54 Å². The summed E-state index contributed by atoms with van der Waals surface area (Å²) in [6.45, 7) is 0.624. The summed E-state index contributed by atoms with van der Waals surface area (Å²) in [6, 6.07) is 7.65. The van der Waals surface area contributed by atoms with Gasteiger partial charge in [0.05, 0.1) is 5.54 Å². The predicted molar refractivity (Wildman–Crippen MR) is 76.2 cm³/mol. The molecule has 100 valence electrons. The summed E-state index contributed by atoms with van der Waals surface area (Å²) in [5.74, 6) is -0.0160. The van der Waals surface area contributed by atoms with Crippen LogP contribution in [0.4, 0.5) is 0 Å². The van der Waals surface area contributed by atoms with Crippen LogP contribution in [0.5, 0.6) is 0 Å². The zero-order valence-corrected chi connectivity index (χ0v) is 11.7. The number of hydrogen-bond acceptors (Lipinski definition) is 2. The highest BCUT2D eigenvalue weighted by molar-refractivity contribution is 6.30. The number of amides is 1. The molecule has 0 aromatic heterocycles. The standard InChI is InChI=1S/C13H17ClN2O.ClH/c14-11-4-2-10(3-5-11)6-9-16-12(17)13(15)7-1-8-13;/h2-5H,1,6-9,15H2,(H,16,17);1H. The Labute approximate surface area is 118 Å². The van der Waals surface area contributed by atoms with E-state index in [1.54, 1.807) is 0 Å². The molecule has 1 aliphatic carbocycles. The quantitative estimate of drug-likeness (QED) is 0.893. The van der Waals surface area contributed by atoms with Gasteiger partial charge in [-0.1, -0.05) is 23.7 Å². The lowest BCUT2D eigenvalue weighted by Crippen LogP contribution is -2.58. The minimum Gasteiger partial charge on any atom is -0.354 e. The molecule has 0 atom stereocenters. The molecule has 1 aromatic carbocycles. The molecule has 1 aliphatic rings. The Balaban J connectivity index is 0.00000162. The molecule has 1 aromatic rings. The maximum Gasteiger partial charge on any atom is 0.240 e. The lowest BCUT2D eigenvalue weighted by atomic mass is 9.77. The van der Waals surface area contributed by atoms with Crippen LogP contribution in [-0.4, -0.2) is 18.0 Å². The van der Waals surface area contributed by atoms with Crippen LogP contribution in [-0.2, 0) is 11.2 Å². The summed E-state index contributed by atoms with van der Waals surface area (Å²) in [7, 11) is 0. The van der Waals surface area contributed by atoms with Crippen LogP contribution >= 0.6 is 24.0 Å². The Hall–Kier alpha value is -0.770. The Morgan fingerprint density at radius 1 is 1.33 bits per heavy atom. The topological polar surface area (TPSA) is 55.1 Å². The third-order valence-electron chi connectivity index (χ3n) is 3.31. The smallest absolute Gasteiger partial charge is 0.240 e. The van der Waals surface area contributed by atoms with E-state index < -0.39 is 5.54 Å². The molecule has 2 rings (SSSR count). The summed E-state index contributed by atoms with van der Waals surface area (Å²) in [5.41, 5.74) is 6.48. The van der Waals surface area contributed by atoms with Crippen molar-refractivity contribution in [3.63, 3.8) is 0 Å². The third-order valence-corrected chi connectivity index (χ3v) is 3.56. The van der Waals surface area contributed by atoms with Crippen LogP contribution < -0.4 is 11.1 Å². The molecule has 0 aliphatic heterocycles. The van der Waals surface area contributed by atoms with Gasteiger partial charge in [0.2, 0.25) is 5.91 Å². The molecule has 0 spiro atoms. The fourth-order valence-electron chi connectivity index (χ4n) is 1.93. The molecule has 0 saturated heterocycles. The first-order valence-electron chi connectivity index (χ1n) is 5.92. The van der Waals surface area contributed by atoms with Gasteiger partial charge in [-0.05, 0) is 43.4 Å². The van der Waals surface area contributed by atoms with E-state index in [4.69, 9.17) is 17.3 Å². The minimum absolute atomic E-state index is 0. The number of carbonyl (C=O) groups is 1. The fourth-order valence-corrected chi connectivity index (χ4v) is 2.06. The van der Waals surface area contributed by atoms with Gasteiger partial charge in [0.15, 0.2) is 0 Å². The van der Waals surface area contributed by atoms with Gasteiger partial charge in [-0.25, -0.2) is 0 Å². The summed E-state index contributed by atoms with van der Waals surface area (Å²) in [6.07, 6.45) is 3.47. The van der Waals surface area contributed by atoms with Gasteiger partial charge in [0.1, 0.15) is 0 Å². The van der Waals surface area contributed by atoms with Crippen molar-refractivity contribution in [3.05, 3.63) is 34.9 Å². The van der Waals surface area contributed by atoms with Crippen LogP contribution in [0.15, 0.2) is 24.3 Å². The zero-order valence-electron chi connectivity index (χ0n) is 10.1. The lowest BCUT2D eigenvalue weighted by molar-refractivity contribution is -0.129. The largest absolute Gasteiger partial charge is 0.354 e. The molecule has 1 fully saturated rings. The second kappa shape index (κ2) is 6.41. The van der Waals surface area contributed by atoms with Crippen molar-refractivity contribution in [2.45, 2.75) is 31.2 Å². The molecule has 5 heteroatoms. The van der Waals surface area contributed by atoms with E-state index in [9.17, 15) is 4.79 Å². The van der Waals surface area contributed by atoms with E-state index >= 15 is 0 Å². The second-order valence-electron chi connectivity index (χ2n) is 4.64. The SMILES string of the molecule is Cl.NC1(C(=O)NCCc2ccc(Cl)cc2)CCC1. The Kier molecular flexibility index (Phi) is 5.45. The molecule has 3 N–H and O–H groups in total. The van der Waals surface area contributed by atoms with Crippen molar-refractivity contribution in [2.24, 2.45) is 5.73 Å². The first kappa shape index (κ1) is 15.3. The molecule has 0 bridgehead atoms. The molecule has 18 heavy (non-hydrogen) atoms. The number of hydrogen-bond donors (Lipinski definition) is 2. The highest BCUT2D eigenvalue weighted by Gasteiger charge is 2.39. The van der Waals surface area contributed by atoms with Gasteiger partial charge in [-0.2, -0.15) is 0 Å². The van der Waals surface area contributed by atoms with Gasteiger partial charge in [-0.15, -0.1) is 12.4 Å². The van der Waals surface area contributed by atoms with E-state index in [1.807, 2.05) is 24.3 Å². The number of carbonyl (C=O) groups excluding carboxylic acids is 1. The van der Waals surface area contributed by atoms with Crippen molar-refractivity contribution in [3.8, 4) is 0 Å². The maximum atomic E-state index is 11.7. The lowest BCUT2D eigenvalue weighted by Gasteiger charge is -2.36. The van der Waals surface area contributed by atoms with Crippen molar-refractivity contribution in [1.82, 2.24) is 5.32 Å². The molecular formula is C13H18Cl2N2O. The number of halogens is 2. The van der Waals surface area contributed by atoms with E-state index in [2.05, 4.69) is 5.32 Å². The Bertz CT molecular complexity index is 402. The third kappa shape index (κ3) is 3.61. The average molecular weight is 289 g/mol. The molecular weight excluding hydrogens is 271 g/mol. The predicted octanol–water partition coefficient (Wildman–Crippen LogP) is 2.30. The van der Waals surface area contributed by atoms with Crippen molar-refractivity contribution >= 4 is 29.9 Å². The van der Waals surface area contributed by atoms with Crippen molar-refractivity contribution < 1.29 is 4.79 Å². The van der Waals surface area contributed by atoms with Crippen LogP contribution in [0.2, 0.25) is 5.02 Å². The average Bonchev–Trinajstić information content (AvgIpc) is 2.28. The molecule has 0 heterocycles. The molecule has 1 saturated carbocycles. The number of nitrogens with two attached hydrogens (primary N) is 1. The van der Waals surface area contributed by atoms with Crippen LogP contribution in [0.3, 0.4) is 0 Å². The normalized spacial score (nSPS) is 16.3. The molecule has 0 unspecified atom stereocenters. The summed E-state index contributed by atoms with van der Waals surface area (Å²) in [5, 5.41) is 3.62. The Morgan fingerprint density at radius 3 is 2.44 bits per heavy atom. The van der Waals surface area contributed by atoms with Gasteiger partial charge in [0.25, 0.3) is 0 Å². The molecule has 3 nitrogen and oxygen atoms in total. The van der Waals surface area contributed by atoms with Crippen molar-refractivity contribution in [1.29, 1.82) is 0 Å². The van der Waals surface area contributed by atoms with Crippen LogP contribution in [0.1, 0.15) is 24.8 Å². The number of nitrogens with one attached hydrogen (secondary N) is 1. The molecule has 0 radical (unpaired) electrons. The zero-order chi connectivity index (χ0) is 12.3. The highest BCUT2D eigenvalue weighted by Crippen LogP contribution is 2.28. The fraction of sp³-hybridized carbons (Fsp3) is 0.462. The monoisotopic (exact) mass is 288 g/mol. The van der Waals surface area contributed by atoms with E-state index in [-0.39, 0.29) is 18.3 Å². The van der Waals surface area contributed by atoms with E-state index in [0.29, 0.717) is 6.54 Å². The van der Waals surface area contributed by atoms with Gasteiger partial charge < -0.3 is 11.1 Å². The number of benzene rings is 1. The molecule has 1 amide bonds.